The fourth-order valence-electron chi connectivity index (χ4n) is 1.47. The fourth-order valence-corrected chi connectivity index (χ4v) is 1.47. The van der Waals surface area contributed by atoms with Crippen molar-refractivity contribution < 1.29 is 14.3 Å². The molecule has 0 radical (unpaired) electrons. The number of aromatic hydroxyl groups is 1. The van der Waals surface area contributed by atoms with E-state index in [1.165, 1.54) is 6.07 Å². The molecule has 0 aliphatic carbocycles. The zero-order valence-corrected chi connectivity index (χ0v) is 7.78. The van der Waals surface area contributed by atoms with Crippen LogP contribution >= 0.6 is 0 Å². The number of aryl methyl sites for hydroxylation is 1. The summed E-state index contributed by atoms with van der Waals surface area (Å²) in [6.45, 7) is 1.97. The van der Waals surface area contributed by atoms with Crippen LogP contribution in [0.4, 0.5) is 0 Å². The fraction of sp³-hybridized carbons (Fsp3) is 0.182. The molecule has 1 aromatic carbocycles. The number of phenols is 1. The Morgan fingerprint density at radius 3 is 2.93 bits per heavy atom. The topological polar surface area (TPSA) is 50.4 Å². The maximum atomic E-state index is 10.7. The van der Waals surface area contributed by atoms with Gasteiger partial charge in [0.05, 0.1) is 5.56 Å². The van der Waals surface area contributed by atoms with Gasteiger partial charge in [0, 0.05) is 11.8 Å². The molecule has 14 heavy (non-hydrogen) atoms. The van der Waals surface area contributed by atoms with Gasteiger partial charge in [-0.25, -0.2) is 0 Å². The van der Waals surface area contributed by atoms with Gasteiger partial charge in [0.1, 0.15) is 17.1 Å². The second-order valence-corrected chi connectivity index (χ2v) is 3.09. The number of benzene rings is 1. The summed E-state index contributed by atoms with van der Waals surface area (Å²) >= 11 is 0. The molecule has 72 valence electrons. The van der Waals surface area contributed by atoms with Crippen molar-refractivity contribution in [1.29, 1.82) is 0 Å². The minimum absolute atomic E-state index is 0.00375. The summed E-state index contributed by atoms with van der Waals surface area (Å²) in [5.74, 6) is 0.810. The minimum Gasteiger partial charge on any atom is -0.507 e. The van der Waals surface area contributed by atoms with E-state index in [4.69, 9.17) is 4.42 Å². The summed E-state index contributed by atoms with van der Waals surface area (Å²) in [4.78, 5) is 10.7. The van der Waals surface area contributed by atoms with Crippen molar-refractivity contribution in [2.24, 2.45) is 0 Å². The highest BCUT2D eigenvalue weighted by atomic mass is 16.3. The first-order chi connectivity index (χ1) is 6.76. The van der Waals surface area contributed by atoms with Crippen molar-refractivity contribution in [3.8, 4) is 5.75 Å². The third-order valence-corrected chi connectivity index (χ3v) is 2.24. The van der Waals surface area contributed by atoms with Crippen molar-refractivity contribution in [2.45, 2.75) is 13.3 Å². The van der Waals surface area contributed by atoms with Crippen LogP contribution in [0.1, 0.15) is 23.0 Å². The molecule has 2 rings (SSSR count). The minimum atomic E-state index is -0.00375. The molecule has 0 saturated heterocycles. The maximum Gasteiger partial charge on any atom is 0.154 e. The summed E-state index contributed by atoms with van der Waals surface area (Å²) in [7, 11) is 0. The highest BCUT2D eigenvalue weighted by Crippen LogP contribution is 2.28. The van der Waals surface area contributed by atoms with Crippen LogP contribution in [-0.2, 0) is 6.42 Å². The van der Waals surface area contributed by atoms with E-state index < -0.39 is 0 Å². The van der Waals surface area contributed by atoms with Crippen LogP contribution in [0.25, 0.3) is 11.0 Å². The predicted octanol–water partition coefficient (Wildman–Crippen LogP) is 2.51. The van der Waals surface area contributed by atoms with Crippen LogP contribution in [0.15, 0.2) is 22.6 Å². The first-order valence-corrected chi connectivity index (χ1v) is 4.45. The Morgan fingerprint density at radius 1 is 1.50 bits per heavy atom. The molecule has 1 heterocycles. The number of hydrogen-bond acceptors (Lipinski definition) is 3. The smallest absolute Gasteiger partial charge is 0.154 e. The summed E-state index contributed by atoms with van der Waals surface area (Å²) < 4.78 is 5.44. The van der Waals surface area contributed by atoms with Crippen LogP contribution in [0.5, 0.6) is 5.75 Å². The number of carbonyl (C=O) groups excluding carboxylic acids is 1. The Labute approximate surface area is 81.0 Å². The van der Waals surface area contributed by atoms with Gasteiger partial charge in [-0.05, 0) is 18.2 Å². The lowest BCUT2D eigenvalue weighted by Crippen LogP contribution is -1.81. The molecule has 1 N–H and O–H groups in total. The van der Waals surface area contributed by atoms with Gasteiger partial charge in [-0.2, -0.15) is 0 Å². The van der Waals surface area contributed by atoms with Crippen molar-refractivity contribution in [1.82, 2.24) is 0 Å². The molecule has 0 amide bonds. The Balaban J connectivity index is 2.79. The quantitative estimate of drug-likeness (QED) is 0.740. The van der Waals surface area contributed by atoms with E-state index in [0.717, 1.165) is 12.2 Å². The maximum absolute atomic E-state index is 10.7. The number of carbonyl (C=O) groups is 1. The normalized spacial score (nSPS) is 10.6. The molecule has 0 aliphatic heterocycles. The van der Waals surface area contributed by atoms with Gasteiger partial charge in [-0.15, -0.1) is 0 Å². The molecule has 0 spiro atoms. The van der Waals surface area contributed by atoms with Gasteiger partial charge < -0.3 is 9.52 Å². The molecule has 0 unspecified atom stereocenters. The highest BCUT2D eigenvalue weighted by molar-refractivity contribution is 5.99. The van der Waals surface area contributed by atoms with Crippen molar-refractivity contribution in [2.75, 3.05) is 0 Å². The van der Waals surface area contributed by atoms with E-state index in [1.54, 1.807) is 12.1 Å². The molecule has 0 aliphatic rings. The molecule has 0 saturated carbocycles. The molecule has 1 aromatic heterocycles. The second-order valence-electron chi connectivity index (χ2n) is 3.09. The van der Waals surface area contributed by atoms with Gasteiger partial charge in [-0.1, -0.05) is 6.92 Å². The first-order valence-electron chi connectivity index (χ1n) is 4.45. The number of aldehydes is 1. The van der Waals surface area contributed by atoms with Crippen LogP contribution in [-0.4, -0.2) is 11.4 Å². The molecular formula is C11H10O3. The highest BCUT2D eigenvalue weighted by Gasteiger charge is 2.10. The Bertz CT molecular complexity index is 482. The number of fused-ring (bicyclic) bond motifs is 1. The number of rotatable bonds is 2. The largest absolute Gasteiger partial charge is 0.507 e. The first kappa shape index (κ1) is 8.81. The third kappa shape index (κ3) is 1.18. The van der Waals surface area contributed by atoms with E-state index in [9.17, 15) is 9.90 Å². The van der Waals surface area contributed by atoms with Gasteiger partial charge in [-0.3, -0.25) is 4.79 Å². The lowest BCUT2D eigenvalue weighted by Gasteiger charge is -1.96. The summed E-state index contributed by atoms with van der Waals surface area (Å²) in [5.41, 5.74) is 0.938. The van der Waals surface area contributed by atoms with E-state index in [1.807, 2.05) is 6.92 Å². The SMILES string of the molecule is CCc1cc2c(C=O)c(O)ccc2o1. The molecule has 3 nitrogen and oxygen atoms in total. The van der Waals surface area contributed by atoms with E-state index in [0.29, 0.717) is 22.8 Å². The van der Waals surface area contributed by atoms with E-state index in [-0.39, 0.29) is 5.75 Å². The Morgan fingerprint density at radius 2 is 2.29 bits per heavy atom. The number of furan rings is 1. The summed E-state index contributed by atoms with van der Waals surface area (Å²) in [6, 6.07) is 4.92. The third-order valence-electron chi connectivity index (χ3n) is 2.24. The summed E-state index contributed by atoms with van der Waals surface area (Å²) in [6.07, 6.45) is 1.42. The van der Waals surface area contributed by atoms with Gasteiger partial charge >= 0.3 is 0 Å². The van der Waals surface area contributed by atoms with Gasteiger partial charge in [0.25, 0.3) is 0 Å². The van der Waals surface area contributed by atoms with E-state index in [2.05, 4.69) is 0 Å². The van der Waals surface area contributed by atoms with Crippen LogP contribution < -0.4 is 0 Å². The average Bonchev–Trinajstić information content (AvgIpc) is 2.60. The zero-order chi connectivity index (χ0) is 10.1. The van der Waals surface area contributed by atoms with Crippen LogP contribution in [0.2, 0.25) is 0 Å². The van der Waals surface area contributed by atoms with Gasteiger partial charge in [0.2, 0.25) is 0 Å². The molecule has 3 heteroatoms. The lowest BCUT2D eigenvalue weighted by molar-refractivity contribution is 0.112. The zero-order valence-electron chi connectivity index (χ0n) is 7.78. The number of hydrogen-bond donors (Lipinski definition) is 1. The monoisotopic (exact) mass is 190 g/mol. The van der Waals surface area contributed by atoms with Crippen LogP contribution in [0, 0.1) is 0 Å². The second kappa shape index (κ2) is 3.18. The molecule has 0 bridgehead atoms. The average molecular weight is 190 g/mol. The molecule has 0 atom stereocenters. The summed E-state index contributed by atoms with van der Waals surface area (Å²) in [5, 5.41) is 10.1. The van der Waals surface area contributed by atoms with Crippen molar-refractivity contribution in [3.05, 3.63) is 29.5 Å². The molecule has 2 aromatic rings. The molecule has 0 fully saturated rings. The van der Waals surface area contributed by atoms with Crippen molar-refractivity contribution in [3.63, 3.8) is 0 Å². The van der Waals surface area contributed by atoms with E-state index >= 15 is 0 Å². The van der Waals surface area contributed by atoms with Gasteiger partial charge in [0.15, 0.2) is 6.29 Å². The molecular weight excluding hydrogens is 180 g/mol. The standard InChI is InChI=1S/C11H10O3/c1-2-7-5-8-9(6-12)10(13)3-4-11(8)14-7/h3-6,13H,2H2,1H3. The Kier molecular flexibility index (Phi) is 2.00. The lowest BCUT2D eigenvalue weighted by atomic mass is 10.1. The Hall–Kier alpha value is -1.77. The van der Waals surface area contributed by atoms with Crippen molar-refractivity contribution >= 4 is 17.3 Å². The van der Waals surface area contributed by atoms with Crippen LogP contribution in [0.3, 0.4) is 0 Å². The number of phenolic OH excluding ortho intramolecular Hbond substituents is 1. The predicted molar refractivity (Wildman–Crippen MR) is 52.6 cm³/mol.